The molecule has 23 heavy (non-hydrogen) atoms. The zero-order valence-corrected chi connectivity index (χ0v) is 14.6. The standard InChI is InChI=1S/C17H24N4OS/c1-3-7-21-8-5-4-6-13-9-15(23-17(13)21)16(22)18-10-14-11-19-20-12(14)2/h9,11H,3-8,10H2,1-2H3,(H,18,22)(H,19,20). The lowest BCUT2D eigenvalue weighted by Gasteiger charge is -2.21. The third-order valence-corrected chi connectivity index (χ3v) is 5.53. The predicted molar refractivity (Wildman–Crippen MR) is 94.3 cm³/mol. The number of rotatable bonds is 5. The topological polar surface area (TPSA) is 61.0 Å². The van der Waals surface area contributed by atoms with Crippen LogP contribution in [0.15, 0.2) is 12.3 Å². The number of thiophene rings is 1. The number of aromatic amines is 1. The van der Waals surface area contributed by atoms with Crippen molar-refractivity contribution in [3.8, 4) is 0 Å². The van der Waals surface area contributed by atoms with Gasteiger partial charge in [-0.25, -0.2) is 0 Å². The van der Waals surface area contributed by atoms with Crippen molar-refractivity contribution in [2.45, 2.75) is 46.1 Å². The van der Waals surface area contributed by atoms with E-state index >= 15 is 0 Å². The van der Waals surface area contributed by atoms with Crippen LogP contribution in [0.2, 0.25) is 0 Å². The monoisotopic (exact) mass is 332 g/mol. The van der Waals surface area contributed by atoms with E-state index in [0.29, 0.717) is 6.54 Å². The highest BCUT2D eigenvalue weighted by atomic mass is 32.1. The summed E-state index contributed by atoms with van der Waals surface area (Å²) in [6, 6.07) is 2.09. The minimum Gasteiger partial charge on any atom is -0.363 e. The van der Waals surface area contributed by atoms with E-state index < -0.39 is 0 Å². The number of fused-ring (bicyclic) bond motifs is 1. The van der Waals surface area contributed by atoms with Gasteiger partial charge in [0, 0.05) is 30.9 Å². The Labute approximate surface area is 141 Å². The maximum atomic E-state index is 12.5. The number of hydrogen-bond acceptors (Lipinski definition) is 4. The van der Waals surface area contributed by atoms with Crippen LogP contribution in [0.4, 0.5) is 5.00 Å². The fourth-order valence-corrected chi connectivity index (χ4v) is 4.18. The first kappa shape index (κ1) is 16.1. The van der Waals surface area contributed by atoms with Crippen LogP contribution in [0.5, 0.6) is 0 Å². The van der Waals surface area contributed by atoms with Gasteiger partial charge in [0.1, 0.15) is 0 Å². The molecule has 3 rings (SSSR count). The van der Waals surface area contributed by atoms with E-state index in [1.54, 1.807) is 17.5 Å². The summed E-state index contributed by atoms with van der Waals surface area (Å²) in [5.41, 5.74) is 3.37. The second kappa shape index (κ2) is 7.17. The fourth-order valence-electron chi connectivity index (χ4n) is 3.00. The van der Waals surface area contributed by atoms with Gasteiger partial charge in [0.15, 0.2) is 0 Å². The minimum atomic E-state index is 0.0140. The number of aromatic nitrogens is 2. The Kier molecular flexibility index (Phi) is 5.00. The Morgan fingerprint density at radius 1 is 1.48 bits per heavy atom. The lowest BCUT2D eigenvalue weighted by Crippen LogP contribution is -2.24. The molecule has 2 aromatic heterocycles. The van der Waals surface area contributed by atoms with Crippen molar-refractivity contribution < 1.29 is 4.79 Å². The third-order valence-electron chi connectivity index (χ3n) is 4.29. The van der Waals surface area contributed by atoms with Crippen molar-refractivity contribution in [1.82, 2.24) is 15.5 Å². The summed E-state index contributed by atoms with van der Waals surface area (Å²) in [6.07, 6.45) is 6.43. The largest absolute Gasteiger partial charge is 0.363 e. The van der Waals surface area contributed by atoms with Gasteiger partial charge in [0.2, 0.25) is 0 Å². The van der Waals surface area contributed by atoms with Crippen LogP contribution in [0.3, 0.4) is 0 Å². The Bertz CT molecular complexity index is 676. The molecule has 0 aromatic carbocycles. The molecule has 3 heterocycles. The summed E-state index contributed by atoms with van der Waals surface area (Å²) in [5.74, 6) is 0.0140. The van der Waals surface area contributed by atoms with Gasteiger partial charge in [-0.1, -0.05) is 6.92 Å². The quantitative estimate of drug-likeness (QED) is 0.883. The number of nitrogens with one attached hydrogen (secondary N) is 2. The van der Waals surface area contributed by atoms with E-state index in [4.69, 9.17) is 0 Å². The van der Waals surface area contributed by atoms with Gasteiger partial charge in [0.25, 0.3) is 5.91 Å². The Balaban J connectivity index is 1.72. The van der Waals surface area contributed by atoms with Crippen molar-refractivity contribution in [3.05, 3.63) is 34.0 Å². The number of aryl methyl sites for hydroxylation is 2. The second-order valence-corrected chi connectivity index (χ2v) is 7.12. The molecular weight excluding hydrogens is 308 g/mol. The molecule has 2 N–H and O–H groups in total. The number of carbonyl (C=O) groups is 1. The molecule has 1 aliphatic heterocycles. The normalized spacial score (nSPS) is 14.4. The average molecular weight is 332 g/mol. The summed E-state index contributed by atoms with van der Waals surface area (Å²) >= 11 is 1.64. The van der Waals surface area contributed by atoms with E-state index in [-0.39, 0.29) is 5.91 Å². The molecule has 0 unspecified atom stereocenters. The molecule has 0 fully saturated rings. The molecule has 2 aromatic rings. The predicted octanol–water partition coefficient (Wildman–Crippen LogP) is 3.26. The molecule has 1 amide bonds. The van der Waals surface area contributed by atoms with Crippen molar-refractivity contribution in [3.63, 3.8) is 0 Å². The van der Waals surface area contributed by atoms with Gasteiger partial charge in [-0.3, -0.25) is 9.89 Å². The van der Waals surface area contributed by atoms with Gasteiger partial charge in [0.05, 0.1) is 16.1 Å². The van der Waals surface area contributed by atoms with Crippen LogP contribution in [0.1, 0.15) is 52.7 Å². The fraction of sp³-hybridized carbons (Fsp3) is 0.529. The summed E-state index contributed by atoms with van der Waals surface area (Å²) < 4.78 is 0. The van der Waals surface area contributed by atoms with Gasteiger partial charge < -0.3 is 10.2 Å². The molecule has 0 spiro atoms. The second-order valence-electron chi connectivity index (χ2n) is 6.09. The molecule has 1 aliphatic rings. The van der Waals surface area contributed by atoms with E-state index in [9.17, 15) is 4.79 Å². The summed E-state index contributed by atoms with van der Waals surface area (Å²) in [5, 5.41) is 11.2. The lowest BCUT2D eigenvalue weighted by atomic mass is 10.1. The molecule has 0 radical (unpaired) electrons. The van der Waals surface area contributed by atoms with Crippen molar-refractivity contribution in [1.29, 1.82) is 0 Å². The summed E-state index contributed by atoms with van der Waals surface area (Å²) in [4.78, 5) is 15.7. The van der Waals surface area contributed by atoms with E-state index in [1.165, 1.54) is 23.4 Å². The van der Waals surface area contributed by atoms with Gasteiger partial charge in [-0.05, 0) is 44.2 Å². The number of nitrogens with zero attached hydrogens (tertiary/aromatic N) is 2. The summed E-state index contributed by atoms with van der Waals surface area (Å²) in [6.45, 7) is 6.87. The Hall–Kier alpha value is -1.82. The molecule has 0 aliphatic carbocycles. The number of amides is 1. The molecule has 0 bridgehead atoms. The molecular formula is C17H24N4OS. The molecule has 124 valence electrons. The maximum Gasteiger partial charge on any atom is 0.261 e. The smallest absolute Gasteiger partial charge is 0.261 e. The van der Waals surface area contributed by atoms with Crippen LogP contribution in [-0.4, -0.2) is 29.2 Å². The van der Waals surface area contributed by atoms with Crippen LogP contribution in [0.25, 0.3) is 0 Å². The first-order valence-corrected chi connectivity index (χ1v) is 9.15. The van der Waals surface area contributed by atoms with E-state index in [2.05, 4.69) is 33.4 Å². The highest BCUT2D eigenvalue weighted by molar-refractivity contribution is 7.18. The van der Waals surface area contributed by atoms with Crippen LogP contribution in [-0.2, 0) is 13.0 Å². The summed E-state index contributed by atoms with van der Waals surface area (Å²) in [7, 11) is 0. The first-order chi connectivity index (χ1) is 11.2. The zero-order valence-electron chi connectivity index (χ0n) is 13.8. The first-order valence-electron chi connectivity index (χ1n) is 8.33. The zero-order chi connectivity index (χ0) is 16.2. The molecule has 0 atom stereocenters. The average Bonchev–Trinajstić information content (AvgIpc) is 3.10. The highest BCUT2D eigenvalue weighted by Gasteiger charge is 2.21. The minimum absolute atomic E-state index is 0.0140. The van der Waals surface area contributed by atoms with Crippen LogP contribution < -0.4 is 10.2 Å². The van der Waals surface area contributed by atoms with Crippen molar-refractivity contribution in [2.24, 2.45) is 0 Å². The Morgan fingerprint density at radius 3 is 3.09 bits per heavy atom. The number of hydrogen-bond donors (Lipinski definition) is 2. The molecule has 0 saturated carbocycles. The molecule has 6 heteroatoms. The van der Waals surface area contributed by atoms with Crippen molar-refractivity contribution in [2.75, 3.05) is 18.0 Å². The van der Waals surface area contributed by atoms with Crippen molar-refractivity contribution >= 4 is 22.2 Å². The van der Waals surface area contributed by atoms with E-state index in [1.807, 2.05) is 6.92 Å². The lowest BCUT2D eigenvalue weighted by molar-refractivity contribution is 0.0955. The Morgan fingerprint density at radius 2 is 2.35 bits per heavy atom. The third kappa shape index (κ3) is 3.58. The maximum absolute atomic E-state index is 12.5. The number of carbonyl (C=O) groups excluding carboxylic acids is 1. The van der Waals surface area contributed by atoms with E-state index in [0.717, 1.165) is 42.1 Å². The number of H-pyrrole nitrogens is 1. The van der Waals surface area contributed by atoms with Gasteiger partial charge in [-0.2, -0.15) is 5.10 Å². The van der Waals surface area contributed by atoms with Crippen LogP contribution in [0, 0.1) is 6.92 Å². The SMILES string of the molecule is CCCN1CCCCc2cc(C(=O)NCc3cn[nH]c3C)sc21. The van der Waals surface area contributed by atoms with Gasteiger partial charge in [-0.15, -0.1) is 11.3 Å². The van der Waals surface area contributed by atoms with Gasteiger partial charge >= 0.3 is 0 Å². The molecule has 0 saturated heterocycles. The number of anilines is 1. The highest BCUT2D eigenvalue weighted by Crippen LogP contribution is 2.35. The van der Waals surface area contributed by atoms with Crippen LogP contribution >= 0.6 is 11.3 Å². The molecule has 5 nitrogen and oxygen atoms in total.